The van der Waals surface area contributed by atoms with Crippen LogP contribution in [0.25, 0.3) is 77.2 Å². The molecule has 1 nitrogen and oxygen atoms in total. The molecule has 60 heavy (non-hydrogen) atoms. The molecule has 0 aliphatic heterocycles. The van der Waals surface area contributed by atoms with E-state index in [4.69, 9.17) is 0 Å². The van der Waals surface area contributed by atoms with E-state index in [1.807, 2.05) is 0 Å². The fraction of sp³-hybridized carbons (Fsp3) is 0.0508. The molecule has 0 saturated heterocycles. The summed E-state index contributed by atoms with van der Waals surface area (Å²) < 4.78 is 0. The van der Waals surface area contributed by atoms with E-state index in [-0.39, 0.29) is 5.41 Å². The molecule has 10 aromatic rings. The van der Waals surface area contributed by atoms with Crippen molar-refractivity contribution in [3.8, 4) is 55.6 Å². The zero-order valence-corrected chi connectivity index (χ0v) is 33.8. The van der Waals surface area contributed by atoms with Crippen LogP contribution in [0.3, 0.4) is 0 Å². The lowest BCUT2D eigenvalue weighted by atomic mass is 9.79. The van der Waals surface area contributed by atoms with Crippen LogP contribution in [0.15, 0.2) is 224 Å². The first-order chi connectivity index (χ1) is 29.5. The van der Waals surface area contributed by atoms with Gasteiger partial charge in [-0.2, -0.15) is 0 Å². The van der Waals surface area contributed by atoms with Gasteiger partial charge in [-0.1, -0.05) is 202 Å². The minimum atomic E-state index is -0.131. The second-order valence-electron chi connectivity index (χ2n) is 16.5. The molecule has 0 aromatic heterocycles. The number of anilines is 3. The van der Waals surface area contributed by atoms with Crippen molar-refractivity contribution in [1.82, 2.24) is 0 Å². The van der Waals surface area contributed by atoms with Crippen LogP contribution < -0.4 is 4.90 Å². The first kappa shape index (κ1) is 35.7. The van der Waals surface area contributed by atoms with Crippen molar-refractivity contribution in [2.24, 2.45) is 0 Å². The highest BCUT2D eigenvalue weighted by atomic mass is 15.1. The second kappa shape index (κ2) is 14.4. The topological polar surface area (TPSA) is 3.24 Å². The number of fused-ring (bicyclic) bond motifs is 6. The summed E-state index contributed by atoms with van der Waals surface area (Å²) in [4.78, 5) is 2.44. The first-order valence-corrected chi connectivity index (χ1v) is 20.9. The van der Waals surface area contributed by atoms with Crippen LogP contribution in [-0.4, -0.2) is 0 Å². The molecule has 0 atom stereocenters. The molecule has 0 saturated carbocycles. The van der Waals surface area contributed by atoms with E-state index in [2.05, 4.69) is 243 Å². The number of nitrogens with zero attached hydrogens (tertiary/aromatic N) is 1. The quantitative estimate of drug-likeness (QED) is 0.146. The van der Waals surface area contributed by atoms with E-state index in [1.165, 1.54) is 88.3 Å². The highest BCUT2D eigenvalue weighted by Crippen LogP contribution is 2.52. The average Bonchev–Trinajstić information content (AvgIpc) is 3.55. The summed E-state index contributed by atoms with van der Waals surface area (Å²) in [6.07, 6.45) is 0. The second-order valence-corrected chi connectivity index (χ2v) is 16.5. The zero-order valence-electron chi connectivity index (χ0n) is 33.8. The summed E-state index contributed by atoms with van der Waals surface area (Å²) in [5.74, 6) is 0. The Morgan fingerprint density at radius 2 is 0.833 bits per heavy atom. The maximum atomic E-state index is 2.44. The van der Waals surface area contributed by atoms with Crippen molar-refractivity contribution in [2.75, 3.05) is 4.90 Å². The van der Waals surface area contributed by atoms with Crippen LogP contribution in [0.2, 0.25) is 0 Å². The van der Waals surface area contributed by atoms with Crippen molar-refractivity contribution in [3.63, 3.8) is 0 Å². The molecule has 0 amide bonds. The van der Waals surface area contributed by atoms with Crippen molar-refractivity contribution >= 4 is 38.6 Å². The summed E-state index contributed by atoms with van der Waals surface area (Å²) in [6, 6.07) is 82.4. The van der Waals surface area contributed by atoms with Crippen molar-refractivity contribution < 1.29 is 0 Å². The van der Waals surface area contributed by atoms with Gasteiger partial charge in [-0.15, -0.1) is 0 Å². The Kier molecular flexibility index (Phi) is 8.57. The van der Waals surface area contributed by atoms with E-state index in [9.17, 15) is 0 Å². The smallest absolute Gasteiger partial charge is 0.0468 e. The fourth-order valence-corrected chi connectivity index (χ4v) is 9.85. The molecule has 0 unspecified atom stereocenters. The SMILES string of the molecule is CC1(C)c2ccccc2-c2cccc(-c3cccc(N(c4cccc(-c5cccc6c5ccc5ccccc56)c4)c4ccc(-c5ccccc5)c(-c5ccccc5)c4)c3)c21. The largest absolute Gasteiger partial charge is 0.310 e. The lowest BCUT2D eigenvalue weighted by Crippen LogP contribution is -2.16. The Balaban J connectivity index is 1.12. The molecular formula is C59H43N. The molecule has 0 radical (unpaired) electrons. The van der Waals surface area contributed by atoms with Crippen molar-refractivity contribution in [2.45, 2.75) is 19.3 Å². The van der Waals surface area contributed by atoms with Crippen LogP contribution in [0.4, 0.5) is 17.1 Å². The highest BCUT2D eigenvalue weighted by Gasteiger charge is 2.37. The molecule has 1 aliphatic carbocycles. The van der Waals surface area contributed by atoms with Gasteiger partial charge in [-0.25, -0.2) is 0 Å². The van der Waals surface area contributed by atoms with E-state index in [1.54, 1.807) is 0 Å². The zero-order chi connectivity index (χ0) is 40.2. The van der Waals surface area contributed by atoms with Crippen molar-refractivity contribution in [3.05, 3.63) is 236 Å². The molecule has 284 valence electrons. The van der Waals surface area contributed by atoms with E-state index in [0.717, 1.165) is 17.1 Å². The molecule has 10 aromatic carbocycles. The minimum absolute atomic E-state index is 0.131. The molecule has 0 bridgehead atoms. The summed E-state index contributed by atoms with van der Waals surface area (Å²) in [5.41, 5.74) is 18.3. The van der Waals surface area contributed by atoms with Gasteiger partial charge in [0.1, 0.15) is 0 Å². The van der Waals surface area contributed by atoms with E-state index < -0.39 is 0 Å². The third-order valence-corrected chi connectivity index (χ3v) is 12.6. The molecule has 0 heterocycles. The van der Waals surface area contributed by atoms with Crippen LogP contribution in [-0.2, 0) is 5.41 Å². The van der Waals surface area contributed by atoms with Crippen LogP contribution in [0, 0.1) is 0 Å². The summed E-state index contributed by atoms with van der Waals surface area (Å²) >= 11 is 0. The summed E-state index contributed by atoms with van der Waals surface area (Å²) in [6.45, 7) is 4.75. The summed E-state index contributed by atoms with van der Waals surface area (Å²) in [5, 5.41) is 5.05. The third-order valence-electron chi connectivity index (χ3n) is 12.6. The van der Waals surface area contributed by atoms with Gasteiger partial charge >= 0.3 is 0 Å². The van der Waals surface area contributed by atoms with Gasteiger partial charge in [0.05, 0.1) is 0 Å². The van der Waals surface area contributed by atoms with Gasteiger partial charge in [0.2, 0.25) is 0 Å². The van der Waals surface area contributed by atoms with Gasteiger partial charge in [0.15, 0.2) is 0 Å². The number of hydrogen-bond donors (Lipinski definition) is 0. The summed E-state index contributed by atoms with van der Waals surface area (Å²) in [7, 11) is 0. The average molecular weight is 766 g/mol. The van der Waals surface area contributed by atoms with Gasteiger partial charge in [-0.3, -0.25) is 0 Å². The Hall–Kier alpha value is -7.48. The molecular weight excluding hydrogens is 723 g/mol. The van der Waals surface area contributed by atoms with Gasteiger partial charge < -0.3 is 4.90 Å². The molecule has 0 fully saturated rings. The monoisotopic (exact) mass is 765 g/mol. The Bertz CT molecular complexity index is 3230. The lowest BCUT2D eigenvalue weighted by Gasteiger charge is -2.28. The Labute approximate surface area is 352 Å². The highest BCUT2D eigenvalue weighted by molar-refractivity contribution is 6.12. The van der Waals surface area contributed by atoms with Crippen LogP contribution in [0.5, 0.6) is 0 Å². The molecule has 1 heteroatoms. The Morgan fingerprint density at radius 1 is 0.300 bits per heavy atom. The normalized spacial score (nSPS) is 12.6. The predicted molar refractivity (Wildman–Crippen MR) is 255 cm³/mol. The molecule has 11 rings (SSSR count). The van der Waals surface area contributed by atoms with Gasteiger partial charge in [0, 0.05) is 22.5 Å². The first-order valence-electron chi connectivity index (χ1n) is 20.9. The van der Waals surface area contributed by atoms with Gasteiger partial charge in [-0.05, 0) is 125 Å². The number of hydrogen-bond acceptors (Lipinski definition) is 1. The Morgan fingerprint density at radius 3 is 1.60 bits per heavy atom. The van der Waals surface area contributed by atoms with E-state index in [0.29, 0.717) is 0 Å². The fourth-order valence-electron chi connectivity index (χ4n) is 9.85. The predicted octanol–water partition coefficient (Wildman–Crippen LogP) is 16.4. The van der Waals surface area contributed by atoms with Crippen molar-refractivity contribution in [1.29, 1.82) is 0 Å². The van der Waals surface area contributed by atoms with Crippen LogP contribution >= 0.6 is 0 Å². The molecule has 1 aliphatic rings. The molecule has 0 spiro atoms. The van der Waals surface area contributed by atoms with E-state index >= 15 is 0 Å². The third kappa shape index (κ3) is 5.93. The molecule has 0 N–H and O–H groups in total. The van der Waals surface area contributed by atoms with Crippen LogP contribution in [0.1, 0.15) is 25.0 Å². The standard InChI is InChI=1S/C59H43N/c1-59(2)57-32-12-11-27-54(57)55-31-16-29-51(58(55)59)44-23-14-25-46(38-44)60(47-34-36-50(40-17-5-3-6-18-40)56(39-47)41-19-7-4-8-20-41)45-24-13-22-43(37-45)49-28-15-30-52-48-26-10-9-21-42(48)33-35-53(49)52/h3-39H,1-2H3. The number of benzene rings is 10. The maximum absolute atomic E-state index is 2.44. The minimum Gasteiger partial charge on any atom is -0.310 e. The van der Waals surface area contributed by atoms with Gasteiger partial charge in [0.25, 0.3) is 0 Å². The maximum Gasteiger partial charge on any atom is 0.0468 e. The lowest BCUT2D eigenvalue weighted by molar-refractivity contribution is 0.662. The number of rotatable bonds is 7.